The Balaban J connectivity index is 1.89. The summed E-state index contributed by atoms with van der Waals surface area (Å²) in [6.45, 7) is 0.631. The first-order valence-corrected chi connectivity index (χ1v) is 6.06. The molecule has 0 atom stereocenters. The van der Waals surface area contributed by atoms with Gasteiger partial charge in [-0.1, -0.05) is 5.16 Å². The molecule has 1 N–H and O–H groups in total. The van der Waals surface area contributed by atoms with Crippen molar-refractivity contribution >= 4 is 12.2 Å². The molecule has 0 radical (unpaired) electrons. The molecule has 3 heterocycles. The maximum atomic E-state index is 5.23. The Labute approximate surface area is 113 Å². The highest BCUT2D eigenvalue weighted by molar-refractivity contribution is 7.71. The Morgan fingerprint density at radius 3 is 2.89 bits per heavy atom. The third-order valence-electron chi connectivity index (χ3n) is 2.66. The molecule has 8 heteroatoms. The summed E-state index contributed by atoms with van der Waals surface area (Å²) in [6, 6.07) is 3.77. The van der Waals surface area contributed by atoms with E-state index in [0.717, 1.165) is 11.4 Å². The van der Waals surface area contributed by atoms with Crippen LogP contribution in [0.4, 0.5) is 0 Å². The van der Waals surface area contributed by atoms with Crippen LogP contribution in [0.15, 0.2) is 35.4 Å². The van der Waals surface area contributed by atoms with Crippen LogP contribution in [-0.2, 0) is 13.0 Å². The lowest BCUT2D eigenvalue weighted by molar-refractivity contribution is 0.408. The van der Waals surface area contributed by atoms with Gasteiger partial charge in [-0.3, -0.25) is 14.6 Å². The first kappa shape index (κ1) is 11.7. The molecule has 0 spiro atoms. The highest BCUT2D eigenvalue weighted by atomic mass is 32.1. The van der Waals surface area contributed by atoms with Gasteiger partial charge in [0, 0.05) is 30.9 Å². The molecule has 3 aromatic rings. The summed E-state index contributed by atoms with van der Waals surface area (Å²) in [7, 11) is 0. The van der Waals surface area contributed by atoms with Crippen molar-refractivity contribution in [2.45, 2.75) is 13.0 Å². The van der Waals surface area contributed by atoms with Crippen molar-refractivity contribution in [2.24, 2.45) is 0 Å². The number of aromatic nitrogens is 6. The van der Waals surface area contributed by atoms with Crippen molar-refractivity contribution in [1.29, 1.82) is 0 Å². The molecule has 0 aromatic carbocycles. The van der Waals surface area contributed by atoms with Gasteiger partial charge in [-0.05, 0) is 24.4 Å². The van der Waals surface area contributed by atoms with E-state index >= 15 is 0 Å². The fraction of sp³-hybridized carbons (Fsp3) is 0.182. The van der Waals surface area contributed by atoms with Crippen molar-refractivity contribution in [2.75, 3.05) is 0 Å². The minimum absolute atomic E-state index is 0.565. The molecule has 3 aromatic heterocycles. The lowest BCUT2D eigenvalue weighted by Gasteiger charge is -2.04. The predicted molar refractivity (Wildman–Crippen MR) is 68.6 cm³/mol. The molecule has 19 heavy (non-hydrogen) atoms. The fourth-order valence-electron chi connectivity index (χ4n) is 1.76. The smallest absolute Gasteiger partial charge is 0.213 e. The van der Waals surface area contributed by atoms with Gasteiger partial charge >= 0.3 is 0 Å². The Hall–Kier alpha value is -2.35. The Bertz CT molecular complexity index is 702. The van der Waals surface area contributed by atoms with Crippen molar-refractivity contribution in [3.63, 3.8) is 0 Å². The first-order chi connectivity index (χ1) is 9.34. The summed E-state index contributed by atoms with van der Waals surface area (Å²) in [5.41, 5.74) is 0.954. The Morgan fingerprint density at radius 2 is 2.16 bits per heavy atom. The van der Waals surface area contributed by atoms with Gasteiger partial charge in [-0.25, -0.2) is 0 Å². The van der Waals surface area contributed by atoms with Gasteiger partial charge in [0.15, 0.2) is 16.4 Å². The minimum Gasteiger partial charge on any atom is -0.343 e. The average molecular weight is 274 g/mol. The van der Waals surface area contributed by atoms with E-state index in [-0.39, 0.29) is 0 Å². The monoisotopic (exact) mass is 274 g/mol. The number of aryl methyl sites for hydroxylation is 1. The van der Waals surface area contributed by atoms with Crippen LogP contribution in [0.25, 0.3) is 11.4 Å². The second-order valence-electron chi connectivity index (χ2n) is 3.84. The van der Waals surface area contributed by atoms with Gasteiger partial charge in [0.25, 0.3) is 0 Å². The van der Waals surface area contributed by atoms with Gasteiger partial charge in [0.1, 0.15) is 0 Å². The van der Waals surface area contributed by atoms with Crippen LogP contribution in [-0.4, -0.2) is 29.9 Å². The highest BCUT2D eigenvalue weighted by Crippen LogP contribution is 2.16. The zero-order valence-electron chi connectivity index (χ0n) is 9.85. The Morgan fingerprint density at radius 1 is 1.32 bits per heavy atom. The summed E-state index contributed by atoms with van der Waals surface area (Å²) in [5.74, 6) is 1.42. The number of aromatic amines is 1. The normalized spacial score (nSPS) is 10.7. The zero-order chi connectivity index (χ0) is 13.1. The highest BCUT2D eigenvalue weighted by Gasteiger charge is 2.09. The Kier molecular flexibility index (Phi) is 3.15. The second-order valence-corrected chi connectivity index (χ2v) is 4.22. The molecule has 0 bridgehead atoms. The van der Waals surface area contributed by atoms with Crippen LogP contribution >= 0.6 is 12.2 Å². The van der Waals surface area contributed by atoms with E-state index in [2.05, 4.69) is 25.3 Å². The third kappa shape index (κ3) is 2.43. The average Bonchev–Trinajstić information content (AvgIpc) is 3.07. The standard InChI is InChI=1S/C11H10N6OS/c19-11-15-14-10(8-1-4-12-5-2-8)17(11)6-3-9-13-7-18-16-9/h1-2,4-5,7H,3,6H2,(H,15,19). The van der Waals surface area contributed by atoms with Gasteiger partial charge < -0.3 is 4.52 Å². The van der Waals surface area contributed by atoms with Gasteiger partial charge in [-0.2, -0.15) is 10.1 Å². The minimum atomic E-state index is 0.565. The first-order valence-electron chi connectivity index (χ1n) is 5.65. The molecular formula is C11H10N6OS. The van der Waals surface area contributed by atoms with Crippen LogP contribution in [0.5, 0.6) is 0 Å². The molecule has 0 fully saturated rings. The maximum Gasteiger partial charge on any atom is 0.213 e. The van der Waals surface area contributed by atoms with Crippen molar-refractivity contribution in [1.82, 2.24) is 29.9 Å². The molecule has 0 amide bonds. The molecule has 0 aliphatic heterocycles. The predicted octanol–water partition coefficient (Wildman–Crippen LogP) is 1.63. The van der Waals surface area contributed by atoms with E-state index in [1.54, 1.807) is 12.4 Å². The topological polar surface area (TPSA) is 85.4 Å². The molecule has 96 valence electrons. The summed E-state index contributed by atoms with van der Waals surface area (Å²) in [6.07, 6.45) is 5.38. The molecule has 0 saturated carbocycles. The van der Waals surface area contributed by atoms with E-state index in [1.165, 1.54) is 6.39 Å². The number of H-pyrrole nitrogens is 1. The number of pyridine rings is 1. The molecule has 7 nitrogen and oxygen atoms in total. The summed E-state index contributed by atoms with van der Waals surface area (Å²) >= 11 is 5.23. The maximum absolute atomic E-state index is 5.23. The van der Waals surface area contributed by atoms with Crippen LogP contribution < -0.4 is 0 Å². The molecule has 0 aliphatic carbocycles. The van der Waals surface area contributed by atoms with E-state index < -0.39 is 0 Å². The van der Waals surface area contributed by atoms with Crippen LogP contribution in [0.3, 0.4) is 0 Å². The van der Waals surface area contributed by atoms with E-state index in [1.807, 2.05) is 16.7 Å². The third-order valence-corrected chi connectivity index (χ3v) is 2.97. The van der Waals surface area contributed by atoms with Gasteiger partial charge in [-0.15, -0.1) is 0 Å². The number of nitrogens with one attached hydrogen (secondary N) is 1. The molecular weight excluding hydrogens is 264 g/mol. The van der Waals surface area contributed by atoms with Crippen LogP contribution in [0, 0.1) is 4.77 Å². The molecule has 0 unspecified atom stereocenters. The largest absolute Gasteiger partial charge is 0.343 e. The number of nitrogens with zero attached hydrogens (tertiary/aromatic N) is 5. The zero-order valence-corrected chi connectivity index (χ0v) is 10.7. The molecule has 3 rings (SSSR count). The van der Waals surface area contributed by atoms with E-state index in [0.29, 0.717) is 23.6 Å². The summed E-state index contributed by atoms with van der Waals surface area (Å²) in [4.78, 5) is 7.97. The summed E-state index contributed by atoms with van der Waals surface area (Å²) in [5, 5.41) is 10.8. The van der Waals surface area contributed by atoms with Crippen LogP contribution in [0.2, 0.25) is 0 Å². The van der Waals surface area contributed by atoms with Gasteiger partial charge in [0.2, 0.25) is 6.39 Å². The SMILES string of the molecule is S=c1[nH]nc(-c2ccncc2)n1CCc1ncon1. The van der Waals surface area contributed by atoms with Crippen molar-refractivity contribution in [3.8, 4) is 11.4 Å². The lowest BCUT2D eigenvalue weighted by atomic mass is 10.2. The number of hydrogen-bond acceptors (Lipinski definition) is 6. The molecule has 0 saturated heterocycles. The van der Waals surface area contributed by atoms with Crippen LogP contribution in [0.1, 0.15) is 5.82 Å². The summed E-state index contributed by atoms with van der Waals surface area (Å²) < 4.78 is 7.17. The van der Waals surface area contributed by atoms with E-state index in [4.69, 9.17) is 16.7 Å². The van der Waals surface area contributed by atoms with Crippen molar-refractivity contribution in [3.05, 3.63) is 41.5 Å². The second kappa shape index (κ2) is 5.11. The van der Waals surface area contributed by atoms with Crippen molar-refractivity contribution < 1.29 is 4.52 Å². The van der Waals surface area contributed by atoms with E-state index in [9.17, 15) is 0 Å². The number of rotatable bonds is 4. The van der Waals surface area contributed by atoms with Gasteiger partial charge in [0.05, 0.1) is 0 Å². The molecule has 0 aliphatic rings. The number of hydrogen-bond donors (Lipinski definition) is 1. The lowest BCUT2D eigenvalue weighted by Crippen LogP contribution is -2.05. The quantitative estimate of drug-likeness (QED) is 0.728. The fourth-order valence-corrected chi connectivity index (χ4v) is 1.98.